The van der Waals surface area contributed by atoms with Gasteiger partial charge in [0.1, 0.15) is 18.0 Å². The predicted molar refractivity (Wildman–Crippen MR) is 59.2 cm³/mol. The maximum Gasteiger partial charge on any atom is 0.145 e. The predicted octanol–water partition coefficient (Wildman–Crippen LogP) is 0.191. The topological polar surface area (TPSA) is 96.1 Å². The van der Waals surface area contributed by atoms with E-state index in [0.717, 1.165) is 0 Å². The zero-order valence-electron chi connectivity index (χ0n) is 8.94. The minimum absolute atomic E-state index is 0.214. The monoisotopic (exact) mass is 211 g/mol. The van der Waals surface area contributed by atoms with Crippen LogP contribution in [0.2, 0.25) is 0 Å². The molecule has 0 aliphatic heterocycles. The van der Waals surface area contributed by atoms with Crippen molar-refractivity contribution in [1.29, 1.82) is 0 Å². The molecule has 1 atom stereocenters. The molecule has 5 N–H and O–H groups in total. The van der Waals surface area contributed by atoms with Crippen molar-refractivity contribution in [3.05, 3.63) is 12.4 Å². The van der Waals surface area contributed by atoms with E-state index in [1.807, 2.05) is 13.8 Å². The number of aliphatic hydroxyl groups excluding tert-OH is 1. The maximum absolute atomic E-state index is 9.57. The van der Waals surface area contributed by atoms with Crippen LogP contribution in [0, 0.1) is 5.92 Å². The lowest BCUT2D eigenvalue weighted by Crippen LogP contribution is -2.25. The first kappa shape index (κ1) is 11.7. The number of nitrogens with one attached hydrogen (secondary N) is 2. The minimum Gasteiger partial charge on any atom is -0.391 e. The molecule has 0 saturated heterocycles. The molecule has 0 spiro atoms. The highest BCUT2D eigenvalue weighted by molar-refractivity contribution is 5.45. The van der Waals surface area contributed by atoms with Crippen molar-refractivity contribution in [3.8, 4) is 0 Å². The summed E-state index contributed by atoms with van der Waals surface area (Å²) in [6.07, 6.45) is 1.01. The van der Waals surface area contributed by atoms with Crippen LogP contribution in [0.15, 0.2) is 12.4 Å². The molecular weight excluding hydrogens is 194 g/mol. The molecule has 0 fully saturated rings. The lowest BCUT2D eigenvalue weighted by Gasteiger charge is -2.15. The molecule has 0 aromatic carbocycles. The second-order valence-electron chi connectivity index (χ2n) is 3.63. The molecule has 0 aliphatic carbocycles. The molecule has 6 heteroatoms. The smallest absolute Gasteiger partial charge is 0.145 e. The van der Waals surface area contributed by atoms with Gasteiger partial charge in [0.25, 0.3) is 0 Å². The summed E-state index contributed by atoms with van der Waals surface area (Å²) in [5, 5.41) is 12.6. The van der Waals surface area contributed by atoms with E-state index in [1.54, 1.807) is 6.07 Å². The van der Waals surface area contributed by atoms with Crippen molar-refractivity contribution >= 4 is 11.6 Å². The van der Waals surface area contributed by atoms with Crippen LogP contribution in [-0.2, 0) is 0 Å². The van der Waals surface area contributed by atoms with E-state index < -0.39 is 6.10 Å². The van der Waals surface area contributed by atoms with E-state index in [4.69, 9.17) is 5.84 Å². The van der Waals surface area contributed by atoms with Crippen molar-refractivity contribution in [2.45, 2.75) is 20.0 Å². The third-order valence-corrected chi connectivity index (χ3v) is 2.08. The van der Waals surface area contributed by atoms with Gasteiger partial charge in [0.15, 0.2) is 0 Å². The molecule has 0 bridgehead atoms. The number of hydrogen-bond acceptors (Lipinski definition) is 6. The van der Waals surface area contributed by atoms with Crippen LogP contribution in [0.1, 0.15) is 13.8 Å². The second-order valence-corrected chi connectivity index (χ2v) is 3.63. The number of nitrogen functional groups attached to an aromatic ring is 1. The molecule has 1 unspecified atom stereocenters. The summed E-state index contributed by atoms with van der Waals surface area (Å²) in [5.74, 6) is 6.59. The summed E-state index contributed by atoms with van der Waals surface area (Å²) in [6, 6.07) is 1.67. The van der Waals surface area contributed by atoms with Gasteiger partial charge in [-0.2, -0.15) is 0 Å². The zero-order valence-corrected chi connectivity index (χ0v) is 8.94. The third-order valence-electron chi connectivity index (χ3n) is 2.08. The summed E-state index contributed by atoms with van der Waals surface area (Å²) < 4.78 is 0. The molecule has 0 amide bonds. The highest BCUT2D eigenvalue weighted by atomic mass is 16.3. The van der Waals surface area contributed by atoms with Gasteiger partial charge in [-0.25, -0.2) is 15.8 Å². The number of anilines is 2. The Morgan fingerprint density at radius 1 is 1.40 bits per heavy atom. The highest BCUT2D eigenvalue weighted by Gasteiger charge is 2.08. The number of hydrazine groups is 1. The molecule has 15 heavy (non-hydrogen) atoms. The fraction of sp³-hybridized carbons (Fsp3) is 0.556. The van der Waals surface area contributed by atoms with E-state index >= 15 is 0 Å². The minimum atomic E-state index is -0.394. The Morgan fingerprint density at radius 2 is 2.07 bits per heavy atom. The van der Waals surface area contributed by atoms with Gasteiger partial charge >= 0.3 is 0 Å². The molecule has 0 radical (unpaired) electrons. The summed E-state index contributed by atoms with van der Waals surface area (Å²) >= 11 is 0. The molecule has 0 aliphatic rings. The number of rotatable bonds is 5. The van der Waals surface area contributed by atoms with E-state index in [9.17, 15) is 5.11 Å². The first-order valence-corrected chi connectivity index (χ1v) is 4.84. The Balaban J connectivity index is 2.50. The van der Waals surface area contributed by atoms with Crippen molar-refractivity contribution in [3.63, 3.8) is 0 Å². The Morgan fingerprint density at radius 3 is 2.67 bits per heavy atom. The average molecular weight is 211 g/mol. The van der Waals surface area contributed by atoms with Gasteiger partial charge in [-0.05, 0) is 5.92 Å². The lowest BCUT2D eigenvalue weighted by atomic mass is 10.1. The molecular formula is C9H17N5O. The average Bonchev–Trinajstić information content (AvgIpc) is 2.26. The van der Waals surface area contributed by atoms with Gasteiger partial charge in [-0.15, -0.1) is 0 Å². The maximum atomic E-state index is 9.57. The standard InChI is InChI=1S/C9H17N5O/c1-6(2)7(15)4-11-8-3-9(14-10)13-5-12-8/h3,5-7,15H,4,10H2,1-2H3,(H2,11,12,13,14). The van der Waals surface area contributed by atoms with Crippen LogP contribution in [0.5, 0.6) is 0 Å². The normalized spacial score (nSPS) is 12.6. The van der Waals surface area contributed by atoms with Crippen LogP contribution in [-0.4, -0.2) is 27.7 Å². The molecule has 84 valence electrons. The van der Waals surface area contributed by atoms with Crippen molar-refractivity contribution in [1.82, 2.24) is 9.97 Å². The fourth-order valence-electron chi connectivity index (χ4n) is 0.978. The van der Waals surface area contributed by atoms with E-state index in [0.29, 0.717) is 18.2 Å². The van der Waals surface area contributed by atoms with Crippen LogP contribution in [0.4, 0.5) is 11.6 Å². The highest BCUT2D eigenvalue weighted by Crippen LogP contribution is 2.08. The van der Waals surface area contributed by atoms with Crippen LogP contribution in [0.3, 0.4) is 0 Å². The Kier molecular flexibility index (Phi) is 4.26. The first-order chi connectivity index (χ1) is 7.13. The Bertz CT molecular complexity index is 304. The molecule has 6 nitrogen and oxygen atoms in total. The first-order valence-electron chi connectivity index (χ1n) is 4.84. The zero-order chi connectivity index (χ0) is 11.3. The van der Waals surface area contributed by atoms with Crippen molar-refractivity contribution in [2.24, 2.45) is 11.8 Å². The van der Waals surface area contributed by atoms with Gasteiger partial charge in [-0.1, -0.05) is 13.8 Å². The molecule has 0 saturated carbocycles. The number of aliphatic hydroxyl groups is 1. The molecule has 1 aromatic heterocycles. The molecule has 1 heterocycles. The third kappa shape index (κ3) is 3.69. The van der Waals surface area contributed by atoms with Gasteiger partial charge in [0, 0.05) is 12.6 Å². The fourth-order valence-corrected chi connectivity index (χ4v) is 0.978. The number of aromatic nitrogens is 2. The quantitative estimate of drug-likeness (QED) is 0.410. The van der Waals surface area contributed by atoms with E-state index in [2.05, 4.69) is 20.7 Å². The van der Waals surface area contributed by atoms with Crippen molar-refractivity contribution in [2.75, 3.05) is 17.3 Å². The molecule has 1 aromatic rings. The summed E-state index contributed by atoms with van der Waals surface area (Å²) in [7, 11) is 0. The number of nitrogens with zero attached hydrogens (tertiary/aromatic N) is 2. The largest absolute Gasteiger partial charge is 0.391 e. The van der Waals surface area contributed by atoms with Gasteiger partial charge in [0.2, 0.25) is 0 Å². The van der Waals surface area contributed by atoms with Crippen LogP contribution in [0.25, 0.3) is 0 Å². The number of hydrogen-bond donors (Lipinski definition) is 4. The van der Waals surface area contributed by atoms with Crippen molar-refractivity contribution < 1.29 is 5.11 Å². The van der Waals surface area contributed by atoms with Crippen LogP contribution < -0.4 is 16.6 Å². The van der Waals surface area contributed by atoms with E-state index in [1.165, 1.54) is 6.33 Å². The summed E-state index contributed by atoms with van der Waals surface area (Å²) in [4.78, 5) is 7.86. The summed E-state index contributed by atoms with van der Waals surface area (Å²) in [6.45, 7) is 4.37. The number of nitrogens with two attached hydrogens (primary N) is 1. The molecule has 1 rings (SSSR count). The second kappa shape index (κ2) is 5.47. The van der Waals surface area contributed by atoms with Crippen LogP contribution >= 0.6 is 0 Å². The Hall–Kier alpha value is -1.40. The van der Waals surface area contributed by atoms with Gasteiger partial charge in [-0.3, -0.25) is 0 Å². The SMILES string of the molecule is CC(C)C(O)CNc1cc(NN)ncn1. The van der Waals surface area contributed by atoms with E-state index in [-0.39, 0.29) is 5.92 Å². The lowest BCUT2D eigenvalue weighted by molar-refractivity contribution is 0.138. The van der Waals surface area contributed by atoms with Gasteiger partial charge in [0.05, 0.1) is 6.10 Å². The Labute approximate surface area is 88.9 Å². The van der Waals surface area contributed by atoms with Gasteiger partial charge < -0.3 is 15.8 Å². The summed E-state index contributed by atoms with van der Waals surface area (Å²) in [5.41, 5.74) is 2.42.